The van der Waals surface area contributed by atoms with E-state index in [1.54, 1.807) is 11.3 Å². The number of aromatic nitrogens is 2. The Morgan fingerprint density at radius 3 is 2.61 bits per heavy atom. The second-order valence-corrected chi connectivity index (χ2v) is 5.57. The van der Waals surface area contributed by atoms with Gasteiger partial charge in [0.1, 0.15) is 0 Å². The molecule has 2 aromatic rings. The monoisotopic (exact) mass is 261 g/mol. The van der Waals surface area contributed by atoms with E-state index in [9.17, 15) is 0 Å². The Bertz CT molecular complexity index is 534. The summed E-state index contributed by atoms with van der Waals surface area (Å²) in [5, 5.41) is 14.0. The number of nitrogens with zero attached hydrogens (tertiary/aromatic N) is 2. The van der Waals surface area contributed by atoms with Gasteiger partial charge in [0.2, 0.25) is 0 Å². The third-order valence-electron chi connectivity index (χ3n) is 3.07. The van der Waals surface area contributed by atoms with E-state index in [-0.39, 0.29) is 6.04 Å². The molecule has 2 rings (SSSR count). The molecule has 96 valence electrons. The van der Waals surface area contributed by atoms with Crippen LogP contribution in [0.25, 0.3) is 0 Å². The molecule has 0 aliphatic rings. The van der Waals surface area contributed by atoms with Gasteiger partial charge in [0, 0.05) is 4.88 Å². The molecule has 1 atom stereocenters. The summed E-state index contributed by atoms with van der Waals surface area (Å²) in [6.07, 6.45) is 0. The van der Waals surface area contributed by atoms with Gasteiger partial charge in [-0.05, 0) is 56.0 Å². The predicted octanol–water partition coefficient (Wildman–Crippen LogP) is 3.16. The van der Waals surface area contributed by atoms with Crippen molar-refractivity contribution < 1.29 is 0 Å². The van der Waals surface area contributed by atoms with Crippen LogP contribution in [-0.4, -0.2) is 16.7 Å². The zero-order chi connectivity index (χ0) is 13.1. The molecular weight excluding hydrogens is 242 g/mol. The molecule has 0 aliphatic heterocycles. The Morgan fingerprint density at radius 1 is 1.22 bits per heavy atom. The molecule has 3 nitrogen and oxygen atoms in total. The number of nitrogens with one attached hydrogen (secondary N) is 1. The first-order chi connectivity index (χ1) is 8.63. The molecule has 1 unspecified atom stereocenters. The van der Waals surface area contributed by atoms with Gasteiger partial charge in [0.15, 0.2) is 0 Å². The Balaban J connectivity index is 2.48. The van der Waals surface area contributed by atoms with Gasteiger partial charge in [-0.25, -0.2) is 0 Å². The number of aryl methyl sites for hydroxylation is 3. The van der Waals surface area contributed by atoms with Crippen molar-refractivity contribution in [1.29, 1.82) is 0 Å². The summed E-state index contributed by atoms with van der Waals surface area (Å²) in [5.74, 6) is 0. The van der Waals surface area contributed by atoms with E-state index in [0.717, 1.165) is 17.9 Å². The zero-order valence-electron chi connectivity index (χ0n) is 11.3. The molecule has 0 aromatic carbocycles. The van der Waals surface area contributed by atoms with Gasteiger partial charge in [-0.3, -0.25) is 0 Å². The highest BCUT2D eigenvalue weighted by Gasteiger charge is 2.18. The quantitative estimate of drug-likeness (QED) is 0.918. The lowest BCUT2D eigenvalue weighted by atomic mass is 9.98. The molecule has 0 bridgehead atoms. The summed E-state index contributed by atoms with van der Waals surface area (Å²) in [6.45, 7) is 9.24. The molecule has 1 N–H and O–H groups in total. The molecule has 0 fully saturated rings. The van der Waals surface area contributed by atoms with Crippen LogP contribution in [0.3, 0.4) is 0 Å². The topological polar surface area (TPSA) is 37.8 Å². The van der Waals surface area contributed by atoms with Crippen molar-refractivity contribution in [2.75, 3.05) is 6.54 Å². The maximum atomic E-state index is 4.23. The smallest absolute Gasteiger partial charge is 0.0651 e. The average molecular weight is 261 g/mol. The van der Waals surface area contributed by atoms with Crippen LogP contribution in [-0.2, 0) is 0 Å². The van der Waals surface area contributed by atoms with Gasteiger partial charge in [0.05, 0.1) is 17.4 Å². The standard InChI is InChI=1S/C14H19N3S/c1-5-15-14(12-6-7-18-11(12)4)13-8-9(2)16-17-10(13)3/h6-8,14-15H,5H2,1-4H3. The molecule has 18 heavy (non-hydrogen) atoms. The zero-order valence-corrected chi connectivity index (χ0v) is 12.1. The first-order valence-corrected chi connectivity index (χ1v) is 7.09. The number of hydrogen-bond donors (Lipinski definition) is 1. The van der Waals surface area contributed by atoms with E-state index < -0.39 is 0 Å². The molecule has 2 heterocycles. The molecule has 0 radical (unpaired) electrons. The predicted molar refractivity (Wildman–Crippen MR) is 76.1 cm³/mol. The van der Waals surface area contributed by atoms with Crippen molar-refractivity contribution in [3.63, 3.8) is 0 Å². The second kappa shape index (κ2) is 5.59. The number of rotatable bonds is 4. The molecule has 0 saturated carbocycles. The van der Waals surface area contributed by atoms with Crippen LogP contribution in [0.4, 0.5) is 0 Å². The van der Waals surface area contributed by atoms with Crippen LogP contribution < -0.4 is 5.32 Å². The largest absolute Gasteiger partial charge is 0.306 e. The fourth-order valence-corrected chi connectivity index (χ4v) is 2.89. The molecule has 0 spiro atoms. The van der Waals surface area contributed by atoms with Crippen LogP contribution >= 0.6 is 11.3 Å². The van der Waals surface area contributed by atoms with E-state index in [1.807, 2.05) is 13.8 Å². The average Bonchev–Trinajstić information content (AvgIpc) is 2.76. The summed E-state index contributed by atoms with van der Waals surface area (Å²) in [4.78, 5) is 1.36. The Morgan fingerprint density at radius 2 is 2.00 bits per heavy atom. The molecule has 0 saturated heterocycles. The molecule has 4 heteroatoms. The van der Waals surface area contributed by atoms with Crippen LogP contribution in [0, 0.1) is 20.8 Å². The first-order valence-electron chi connectivity index (χ1n) is 6.21. The third kappa shape index (κ3) is 2.60. The van der Waals surface area contributed by atoms with E-state index in [0.29, 0.717) is 0 Å². The molecular formula is C14H19N3S. The van der Waals surface area contributed by atoms with E-state index >= 15 is 0 Å². The Kier molecular flexibility index (Phi) is 4.09. The van der Waals surface area contributed by atoms with Gasteiger partial charge in [-0.15, -0.1) is 11.3 Å². The lowest BCUT2D eigenvalue weighted by Crippen LogP contribution is -2.23. The Labute approximate surface area is 112 Å². The summed E-state index contributed by atoms with van der Waals surface area (Å²) in [5.41, 5.74) is 4.53. The van der Waals surface area contributed by atoms with Gasteiger partial charge < -0.3 is 5.32 Å². The fourth-order valence-electron chi connectivity index (χ4n) is 2.15. The van der Waals surface area contributed by atoms with Gasteiger partial charge in [-0.2, -0.15) is 10.2 Å². The first kappa shape index (κ1) is 13.2. The maximum absolute atomic E-state index is 4.23. The lowest BCUT2D eigenvalue weighted by Gasteiger charge is -2.20. The van der Waals surface area contributed by atoms with Crippen LogP contribution in [0.1, 0.15) is 40.4 Å². The molecule has 0 amide bonds. The summed E-state index contributed by atoms with van der Waals surface area (Å²) < 4.78 is 0. The number of thiophene rings is 1. The van der Waals surface area contributed by atoms with Crippen molar-refractivity contribution in [2.24, 2.45) is 0 Å². The minimum absolute atomic E-state index is 0.218. The normalized spacial score (nSPS) is 12.7. The Hall–Kier alpha value is -1.26. The summed E-state index contributed by atoms with van der Waals surface area (Å²) in [7, 11) is 0. The fraction of sp³-hybridized carbons (Fsp3) is 0.429. The lowest BCUT2D eigenvalue weighted by molar-refractivity contribution is 0.620. The summed E-state index contributed by atoms with van der Waals surface area (Å²) in [6, 6.07) is 4.55. The summed E-state index contributed by atoms with van der Waals surface area (Å²) >= 11 is 1.79. The highest BCUT2D eigenvalue weighted by molar-refractivity contribution is 7.10. The van der Waals surface area contributed by atoms with Crippen LogP contribution in [0.2, 0.25) is 0 Å². The van der Waals surface area contributed by atoms with Crippen molar-refractivity contribution in [1.82, 2.24) is 15.5 Å². The van der Waals surface area contributed by atoms with Gasteiger partial charge in [-0.1, -0.05) is 6.92 Å². The van der Waals surface area contributed by atoms with E-state index in [2.05, 4.69) is 46.9 Å². The number of hydrogen-bond acceptors (Lipinski definition) is 4. The highest BCUT2D eigenvalue weighted by atomic mass is 32.1. The van der Waals surface area contributed by atoms with Crippen LogP contribution in [0.15, 0.2) is 17.5 Å². The van der Waals surface area contributed by atoms with Gasteiger partial charge >= 0.3 is 0 Å². The van der Waals surface area contributed by atoms with Crippen molar-refractivity contribution in [3.8, 4) is 0 Å². The third-order valence-corrected chi connectivity index (χ3v) is 3.93. The molecule has 0 aliphatic carbocycles. The van der Waals surface area contributed by atoms with E-state index in [4.69, 9.17) is 0 Å². The molecule has 2 aromatic heterocycles. The van der Waals surface area contributed by atoms with Gasteiger partial charge in [0.25, 0.3) is 0 Å². The minimum atomic E-state index is 0.218. The minimum Gasteiger partial charge on any atom is -0.306 e. The maximum Gasteiger partial charge on any atom is 0.0651 e. The van der Waals surface area contributed by atoms with Crippen LogP contribution in [0.5, 0.6) is 0 Å². The second-order valence-electron chi connectivity index (χ2n) is 4.45. The van der Waals surface area contributed by atoms with Crippen molar-refractivity contribution >= 4 is 11.3 Å². The highest BCUT2D eigenvalue weighted by Crippen LogP contribution is 2.29. The van der Waals surface area contributed by atoms with E-state index in [1.165, 1.54) is 16.0 Å². The van der Waals surface area contributed by atoms with Crippen molar-refractivity contribution in [2.45, 2.75) is 33.7 Å². The van der Waals surface area contributed by atoms with Crippen molar-refractivity contribution in [3.05, 3.63) is 44.9 Å². The SMILES string of the molecule is CCNC(c1cc(C)nnc1C)c1ccsc1C.